The zero-order chi connectivity index (χ0) is 13.7. The predicted octanol–water partition coefficient (Wildman–Crippen LogP) is 0.591. The highest BCUT2D eigenvalue weighted by molar-refractivity contribution is 5.76. The number of carbonyl (C=O) groups excluding carboxylic acids is 1. The maximum atomic E-state index is 11.4. The standard InChI is InChI=1S/C13H18N2O4/c1-18-11-4-2-3-10(9-16)12(11)19-8-7-15-6-5-14-13(15)17/h2-4,16H,5-9H2,1H3,(H,14,17). The third-order valence-electron chi connectivity index (χ3n) is 3.00. The van der Waals surface area contributed by atoms with Crippen LogP contribution < -0.4 is 14.8 Å². The van der Waals surface area contributed by atoms with Crippen LogP contribution in [0.25, 0.3) is 0 Å². The summed E-state index contributed by atoms with van der Waals surface area (Å²) < 4.78 is 10.9. The van der Waals surface area contributed by atoms with Gasteiger partial charge in [0.05, 0.1) is 20.3 Å². The van der Waals surface area contributed by atoms with E-state index in [2.05, 4.69) is 5.32 Å². The minimum absolute atomic E-state index is 0.0639. The summed E-state index contributed by atoms with van der Waals surface area (Å²) in [6.07, 6.45) is 0. The molecule has 1 aliphatic heterocycles. The van der Waals surface area contributed by atoms with Gasteiger partial charge in [0.25, 0.3) is 0 Å². The average molecular weight is 266 g/mol. The van der Waals surface area contributed by atoms with Gasteiger partial charge in [-0.25, -0.2) is 4.79 Å². The van der Waals surface area contributed by atoms with Gasteiger partial charge in [-0.1, -0.05) is 12.1 Å². The number of carbonyl (C=O) groups is 1. The number of rotatable bonds is 6. The smallest absolute Gasteiger partial charge is 0.317 e. The third kappa shape index (κ3) is 3.08. The first-order valence-corrected chi connectivity index (χ1v) is 6.18. The normalized spacial score (nSPS) is 14.4. The largest absolute Gasteiger partial charge is 0.493 e. The van der Waals surface area contributed by atoms with Crippen molar-refractivity contribution < 1.29 is 19.4 Å². The average Bonchev–Trinajstić information content (AvgIpc) is 2.84. The van der Waals surface area contributed by atoms with E-state index in [9.17, 15) is 9.90 Å². The molecular weight excluding hydrogens is 248 g/mol. The zero-order valence-electron chi connectivity index (χ0n) is 10.9. The van der Waals surface area contributed by atoms with Crippen LogP contribution in [-0.4, -0.2) is 49.4 Å². The van der Waals surface area contributed by atoms with Crippen molar-refractivity contribution in [1.29, 1.82) is 0 Å². The Bertz CT molecular complexity index is 428. The molecule has 0 spiro atoms. The molecule has 1 fully saturated rings. The van der Waals surface area contributed by atoms with E-state index in [0.717, 1.165) is 0 Å². The number of benzene rings is 1. The highest BCUT2D eigenvalue weighted by Gasteiger charge is 2.19. The minimum Gasteiger partial charge on any atom is -0.493 e. The van der Waals surface area contributed by atoms with E-state index in [4.69, 9.17) is 9.47 Å². The monoisotopic (exact) mass is 266 g/mol. The van der Waals surface area contributed by atoms with E-state index in [1.807, 2.05) is 0 Å². The fourth-order valence-corrected chi connectivity index (χ4v) is 1.99. The lowest BCUT2D eigenvalue weighted by atomic mass is 10.2. The van der Waals surface area contributed by atoms with Crippen LogP contribution in [0.1, 0.15) is 5.56 Å². The van der Waals surface area contributed by atoms with Crippen molar-refractivity contribution >= 4 is 6.03 Å². The first-order valence-electron chi connectivity index (χ1n) is 6.18. The Balaban J connectivity index is 1.96. The quantitative estimate of drug-likeness (QED) is 0.790. The van der Waals surface area contributed by atoms with Crippen molar-refractivity contribution in [2.24, 2.45) is 0 Å². The summed E-state index contributed by atoms with van der Waals surface area (Å²) in [5.41, 5.74) is 0.672. The molecule has 1 aromatic rings. The van der Waals surface area contributed by atoms with Crippen LogP contribution in [0.5, 0.6) is 11.5 Å². The molecule has 0 aliphatic carbocycles. The molecule has 0 unspecified atom stereocenters. The topological polar surface area (TPSA) is 71.0 Å². The van der Waals surface area contributed by atoms with Crippen molar-refractivity contribution in [3.8, 4) is 11.5 Å². The Labute approximate surface area is 111 Å². The number of methoxy groups -OCH3 is 1. The summed E-state index contributed by atoms with van der Waals surface area (Å²) in [5.74, 6) is 1.12. The Morgan fingerprint density at radius 3 is 2.95 bits per heavy atom. The first kappa shape index (κ1) is 13.5. The molecule has 0 radical (unpaired) electrons. The van der Waals surface area contributed by atoms with E-state index >= 15 is 0 Å². The van der Waals surface area contributed by atoms with Crippen LogP contribution in [0.4, 0.5) is 4.79 Å². The van der Waals surface area contributed by atoms with Crippen LogP contribution in [0.3, 0.4) is 0 Å². The van der Waals surface area contributed by atoms with Gasteiger partial charge in [-0.2, -0.15) is 0 Å². The Kier molecular flexibility index (Phi) is 4.46. The fourth-order valence-electron chi connectivity index (χ4n) is 1.99. The predicted molar refractivity (Wildman–Crippen MR) is 69.4 cm³/mol. The summed E-state index contributed by atoms with van der Waals surface area (Å²) in [6, 6.07) is 5.29. The molecule has 0 atom stereocenters. The molecule has 1 heterocycles. The van der Waals surface area contributed by atoms with Gasteiger partial charge in [-0.3, -0.25) is 0 Å². The van der Waals surface area contributed by atoms with Gasteiger partial charge in [-0.15, -0.1) is 0 Å². The molecule has 0 saturated carbocycles. The maximum Gasteiger partial charge on any atom is 0.317 e. The van der Waals surface area contributed by atoms with Crippen LogP contribution in [0, 0.1) is 0 Å². The molecule has 104 valence electrons. The molecule has 1 aliphatic rings. The number of aliphatic hydroxyl groups excluding tert-OH is 1. The molecule has 6 nitrogen and oxygen atoms in total. The number of nitrogens with one attached hydrogen (secondary N) is 1. The molecule has 2 amide bonds. The summed E-state index contributed by atoms with van der Waals surface area (Å²) in [5, 5.41) is 12.0. The van der Waals surface area contributed by atoms with Crippen LogP contribution in [0.15, 0.2) is 18.2 Å². The van der Waals surface area contributed by atoms with Gasteiger partial charge in [0.2, 0.25) is 0 Å². The highest BCUT2D eigenvalue weighted by atomic mass is 16.5. The van der Waals surface area contributed by atoms with Gasteiger partial charge >= 0.3 is 6.03 Å². The second-order valence-corrected chi connectivity index (χ2v) is 4.17. The molecule has 1 saturated heterocycles. The molecule has 2 rings (SSSR count). The van der Waals surface area contributed by atoms with Gasteiger partial charge in [0.1, 0.15) is 6.61 Å². The van der Waals surface area contributed by atoms with E-state index in [1.165, 1.54) is 0 Å². The number of hydrogen-bond acceptors (Lipinski definition) is 4. The lowest BCUT2D eigenvalue weighted by molar-refractivity contribution is 0.198. The lowest BCUT2D eigenvalue weighted by Gasteiger charge is -2.17. The van der Waals surface area contributed by atoms with Crippen molar-refractivity contribution in [3.63, 3.8) is 0 Å². The van der Waals surface area contributed by atoms with E-state index in [1.54, 1.807) is 30.2 Å². The van der Waals surface area contributed by atoms with Crippen molar-refractivity contribution in [2.45, 2.75) is 6.61 Å². The Morgan fingerprint density at radius 2 is 2.32 bits per heavy atom. The molecule has 6 heteroatoms. The van der Waals surface area contributed by atoms with Gasteiger partial charge in [-0.05, 0) is 6.07 Å². The van der Waals surface area contributed by atoms with Gasteiger partial charge < -0.3 is 24.8 Å². The number of ether oxygens (including phenoxy) is 2. The number of amides is 2. The number of urea groups is 1. The number of para-hydroxylation sites is 1. The second-order valence-electron chi connectivity index (χ2n) is 4.17. The molecule has 19 heavy (non-hydrogen) atoms. The second kappa shape index (κ2) is 6.29. The van der Waals surface area contributed by atoms with Crippen molar-refractivity contribution in [2.75, 3.05) is 33.4 Å². The fraction of sp³-hybridized carbons (Fsp3) is 0.462. The van der Waals surface area contributed by atoms with Gasteiger partial charge in [0.15, 0.2) is 11.5 Å². The third-order valence-corrected chi connectivity index (χ3v) is 3.00. The maximum absolute atomic E-state index is 11.4. The van der Waals surface area contributed by atoms with E-state index < -0.39 is 0 Å². The number of nitrogens with zero attached hydrogens (tertiary/aromatic N) is 1. The van der Waals surface area contributed by atoms with Crippen LogP contribution in [0.2, 0.25) is 0 Å². The Morgan fingerprint density at radius 1 is 1.47 bits per heavy atom. The molecular formula is C13H18N2O4. The highest BCUT2D eigenvalue weighted by Crippen LogP contribution is 2.30. The SMILES string of the molecule is COc1cccc(CO)c1OCCN1CCNC1=O. The summed E-state index contributed by atoms with van der Waals surface area (Å²) >= 11 is 0. The van der Waals surface area contributed by atoms with Crippen LogP contribution >= 0.6 is 0 Å². The molecule has 0 aromatic heterocycles. The van der Waals surface area contributed by atoms with Crippen molar-refractivity contribution in [3.05, 3.63) is 23.8 Å². The summed E-state index contributed by atoms with van der Waals surface area (Å²) in [7, 11) is 1.55. The van der Waals surface area contributed by atoms with Gasteiger partial charge in [0, 0.05) is 18.7 Å². The summed E-state index contributed by atoms with van der Waals surface area (Å²) in [6.45, 7) is 2.13. The molecule has 2 N–H and O–H groups in total. The summed E-state index contributed by atoms with van der Waals surface area (Å²) in [4.78, 5) is 13.0. The first-order chi connectivity index (χ1) is 9.26. The minimum atomic E-state index is -0.114. The number of hydrogen-bond donors (Lipinski definition) is 2. The number of aliphatic hydroxyl groups is 1. The Hall–Kier alpha value is -1.95. The van der Waals surface area contributed by atoms with E-state index in [-0.39, 0.29) is 12.6 Å². The molecule has 1 aromatic carbocycles. The molecule has 0 bridgehead atoms. The zero-order valence-corrected chi connectivity index (χ0v) is 10.9. The van der Waals surface area contributed by atoms with Crippen LogP contribution in [-0.2, 0) is 6.61 Å². The van der Waals surface area contributed by atoms with Crippen molar-refractivity contribution in [1.82, 2.24) is 10.2 Å². The lowest BCUT2D eigenvalue weighted by Crippen LogP contribution is -2.32. The van der Waals surface area contributed by atoms with E-state index in [0.29, 0.717) is 43.3 Å².